The molecule has 5 heteroatoms. The van der Waals surface area contributed by atoms with Crippen molar-refractivity contribution in [3.8, 4) is 11.5 Å². The average molecular weight is 289 g/mol. The van der Waals surface area contributed by atoms with Crippen LogP contribution in [0.4, 0.5) is 0 Å². The Bertz CT molecular complexity index is 611. The third-order valence-electron chi connectivity index (χ3n) is 3.15. The van der Waals surface area contributed by atoms with Gasteiger partial charge in [-0.05, 0) is 38.1 Å². The molecule has 0 unspecified atom stereocenters. The van der Waals surface area contributed by atoms with Gasteiger partial charge in [0.25, 0.3) is 5.91 Å². The molecule has 1 heterocycles. The highest BCUT2D eigenvalue weighted by molar-refractivity contribution is 5.95. The van der Waals surface area contributed by atoms with E-state index < -0.39 is 0 Å². The fraction of sp³-hybridized carbons (Fsp3) is 0.312. The molecule has 2 rings (SSSR count). The minimum Gasteiger partial charge on any atom is -0.497 e. The predicted molar refractivity (Wildman–Crippen MR) is 78.9 cm³/mol. The maximum absolute atomic E-state index is 12.3. The number of carbonyl (C=O) groups excluding carboxylic acids is 1. The van der Waals surface area contributed by atoms with Crippen LogP contribution in [0.5, 0.6) is 11.5 Å². The van der Waals surface area contributed by atoms with Crippen molar-refractivity contribution in [1.29, 1.82) is 0 Å². The highest BCUT2D eigenvalue weighted by Gasteiger charge is 2.15. The number of aryl methyl sites for hydroxylation is 1. The zero-order valence-corrected chi connectivity index (χ0v) is 12.6. The first-order valence-corrected chi connectivity index (χ1v) is 6.63. The lowest BCUT2D eigenvalue weighted by molar-refractivity contribution is 0.0934. The van der Waals surface area contributed by atoms with Crippen molar-refractivity contribution in [2.24, 2.45) is 0 Å². The molecule has 0 radical (unpaired) electrons. The third kappa shape index (κ3) is 3.56. The number of hydrogen-bond acceptors (Lipinski definition) is 4. The van der Waals surface area contributed by atoms with Gasteiger partial charge < -0.3 is 19.2 Å². The number of benzene rings is 1. The van der Waals surface area contributed by atoms with Crippen molar-refractivity contribution in [3.63, 3.8) is 0 Å². The topological polar surface area (TPSA) is 60.7 Å². The van der Waals surface area contributed by atoms with Gasteiger partial charge in [0.05, 0.1) is 20.3 Å². The van der Waals surface area contributed by atoms with Crippen molar-refractivity contribution in [2.75, 3.05) is 14.2 Å². The highest BCUT2D eigenvalue weighted by atomic mass is 16.5. The first kappa shape index (κ1) is 15.0. The number of amides is 1. The summed E-state index contributed by atoms with van der Waals surface area (Å²) in [6.45, 7) is 3.73. The van der Waals surface area contributed by atoms with Crippen LogP contribution in [0.3, 0.4) is 0 Å². The average Bonchev–Trinajstić information content (AvgIpc) is 2.93. The molecule has 0 saturated heterocycles. The predicted octanol–water partition coefficient (Wildman–Crippen LogP) is 3.10. The lowest BCUT2D eigenvalue weighted by atomic mass is 10.1. The molecule has 2 aromatic rings. The van der Waals surface area contributed by atoms with Gasteiger partial charge in [0.1, 0.15) is 23.0 Å². The molecule has 1 aromatic carbocycles. The van der Waals surface area contributed by atoms with Gasteiger partial charge in [-0.3, -0.25) is 4.79 Å². The van der Waals surface area contributed by atoms with Crippen LogP contribution in [-0.4, -0.2) is 20.1 Å². The van der Waals surface area contributed by atoms with E-state index in [0.717, 1.165) is 11.5 Å². The van der Waals surface area contributed by atoms with E-state index in [-0.39, 0.29) is 11.9 Å². The maximum Gasteiger partial charge on any atom is 0.252 e. The van der Waals surface area contributed by atoms with E-state index in [4.69, 9.17) is 13.9 Å². The number of carbonyl (C=O) groups is 1. The zero-order valence-electron chi connectivity index (χ0n) is 12.6. The summed E-state index contributed by atoms with van der Waals surface area (Å²) >= 11 is 0. The summed E-state index contributed by atoms with van der Waals surface area (Å²) in [4.78, 5) is 12.3. The molecule has 1 N–H and O–H groups in total. The summed E-state index contributed by atoms with van der Waals surface area (Å²) in [7, 11) is 3.09. The quantitative estimate of drug-likeness (QED) is 0.918. The van der Waals surface area contributed by atoms with Crippen molar-refractivity contribution in [2.45, 2.75) is 19.9 Å². The molecule has 0 aliphatic heterocycles. The second-order valence-corrected chi connectivity index (χ2v) is 4.74. The smallest absolute Gasteiger partial charge is 0.252 e. The molecule has 1 amide bonds. The molecule has 0 saturated carbocycles. The minimum atomic E-state index is -0.219. The Morgan fingerprint density at radius 3 is 2.24 bits per heavy atom. The van der Waals surface area contributed by atoms with Crippen LogP contribution in [0.15, 0.2) is 34.7 Å². The minimum absolute atomic E-state index is 0.214. The number of ether oxygens (including phenoxy) is 2. The van der Waals surface area contributed by atoms with Gasteiger partial charge >= 0.3 is 0 Å². The van der Waals surface area contributed by atoms with Crippen LogP contribution in [0, 0.1) is 6.92 Å². The second kappa shape index (κ2) is 6.35. The summed E-state index contributed by atoms with van der Waals surface area (Å²) in [5.41, 5.74) is 0.473. The van der Waals surface area contributed by atoms with Crippen molar-refractivity contribution >= 4 is 5.91 Å². The van der Waals surface area contributed by atoms with Gasteiger partial charge in [-0.1, -0.05) is 0 Å². The molecule has 0 fully saturated rings. The lowest BCUT2D eigenvalue weighted by Crippen LogP contribution is -2.26. The Hall–Kier alpha value is -2.43. The Morgan fingerprint density at radius 1 is 1.14 bits per heavy atom. The van der Waals surface area contributed by atoms with E-state index >= 15 is 0 Å². The van der Waals surface area contributed by atoms with Gasteiger partial charge in [0, 0.05) is 11.6 Å². The van der Waals surface area contributed by atoms with E-state index in [0.29, 0.717) is 17.1 Å². The van der Waals surface area contributed by atoms with Crippen LogP contribution in [0.25, 0.3) is 0 Å². The van der Waals surface area contributed by atoms with E-state index in [1.807, 2.05) is 26.0 Å². The van der Waals surface area contributed by atoms with Crippen molar-refractivity contribution in [3.05, 3.63) is 47.4 Å². The van der Waals surface area contributed by atoms with Crippen LogP contribution >= 0.6 is 0 Å². The van der Waals surface area contributed by atoms with E-state index in [1.54, 1.807) is 32.4 Å². The normalized spacial score (nSPS) is 11.8. The van der Waals surface area contributed by atoms with Gasteiger partial charge in [0.2, 0.25) is 0 Å². The SMILES string of the molecule is COc1cc(OC)cc(C(=O)N[C@@H](C)c2ccc(C)o2)c1. The fourth-order valence-electron chi connectivity index (χ4n) is 1.98. The van der Waals surface area contributed by atoms with Crippen molar-refractivity contribution in [1.82, 2.24) is 5.32 Å². The first-order chi connectivity index (χ1) is 10.0. The fourth-order valence-corrected chi connectivity index (χ4v) is 1.98. The number of methoxy groups -OCH3 is 2. The zero-order chi connectivity index (χ0) is 15.4. The largest absolute Gasteiger partial charge is 0.497 e. The number of furan rings is 1. The summed E-state index contributed by atoms with van der Waals surface area (Å²) in [5.74, 6) is 2.46. The van der Waals surface area contributed by atoms with Crippen LogP contribution in [0.1, 0.15) is 34.8 Å². The Morgan fingerprint density at radius 2 is 1.76 bits per heavy atom. The summed E-state index contributed by atoms with van der Waals surface area (Å²) in [5, 5.41) is 2.88. The maximum atomic E-state index is 12.3. The van der Waals surface area contributed by atoms with Crippen LogP contribution < -0.4 is 14.8 Å². The molecule has 0 spiro atoms. The molecule has 21 heavy (non-hydrogen) atoms. The highest BCUT2D eigenvalue weighted by Crippen LogP contribution is 2.23. The monoisotopic (exact) mass is 289 g/mol. The van der Waals surface area contributed by atoms with Gasteiger partial charge in [0.15, 0.2) is 0 Å². The first-order valence-electron chi connectivity index (χ1n) is 6.63. The number of hydrogen-bond donors (Lipinski definition) is 1. The number of nitrogens with one attached hydrogen (secondary N) is 1. The van der Waals surface area contributed by atoms with Gasteiger partial charge in [-0.15, -0.1) is 0 Å². The van der Waals surface area contributed by atoms with Crippen LogP contribution in [0.2, 0.25) is 0 Å². The molecular formula is C16H19NO4. The Kier molecular flexibility index (Phi) is 4.52. The molecule has 0 aliphatic carbocycles. The second-order valence-electron chi connectivity index (χ2n) is 4.74. The molecule has 5 nitrogen and oxygen atoms in total. The van der Waals surface area contributed by atoms with E-state index in [2.05, 4.69) is 5.32 Å². The Labute approximate surface area is 123 Å². The summed E-state index contributed by atoms with van der Waals surface area (Å²) in [6, 6.07) is 8.55. The van der Waals surface area contributed by atoms with Crippen LogP contribution in [-0.2, 0) is 0 Å². The summed E-state index contributed by atoms with van der Waals surface area (Å²) in [6.07, 6.45) is 0. The van der Waals surface area contributed by atoms with Gasteiger partial charge in [-0.25, -0.2) is 0 Å². The molecule has 0 aliphatic rings. The third-order valence-corrected chi connectivity index (χ3v) is 3.15. The number of rotatable bonds is 5. The van der Waals surface area contributed by atoms with Crippen molar-refractivity contribution < 1.29 is 18.7 Å². The summed E-state index contributed by atoms with van der Waals surface area (Å²) < 4.78 is 15.8. The molecular weight excluding hydrogens is 270 g/mol. The Balaban J connectivity index is 2.16. The lowest BCUT2D eigenvalue weighted by Gasteiger charge is -2.13. The molecule has 1 atom stereocenters. The van der Waals surface area contributed by atoms with E-state index in [9.17, 15) is 4.79 Å². The van der Waals surface area contributed by atoms with Gasteiger partial charge in [-0.2, -0.15) is 0 Å². The standard InChI is InChI=1S/C16H19NO4/c1-10-5-6-15(21-10)11(2)17-16(18)12-7-13(19-3)9-14(8-12)20-4/h5-9,11H,1-4H3,(H,17,18)/t11-/m0/s1. The molecule has 0 bridgehead atoms. The molecule has 112 valence electrons. The van der Waals surface area contributed by atoms with E-state index in [1.165, 1.54) is 0 Å². The molecule has 1 aromatic heterocycles.